The molecule has 5 nitrogen and oxygen atoms in total. The zero-order valence-corrected chi connectivity index (χ0v) is 13.5. The van der Waals surface area contributed by atoms with E-state index in [-0.39, 0.29) is 17.4 Å². The van der Waals surface area contributed by atoms with Crippen molar-refractivity contribution in [2.24, 2.45) is 0 Å². The number of phenolic OH excluding ortho intramolecular Hbond substituents is 1. The highest BCUT2D eigenvalue weighted by atomic mass is 16.4. The molecule has 23 heavy (non-hydrogen) atoms. The second-order valence-corrected chi connectivity index (χ2v) is 5.83. The first-order chi connectivity index (χ1) is 10.9. The van der Waals surface area contributed by atoms with Crippen molar-refractivity contribution < 1.29 is 25.2 Å². The number of aliphatic hydroxyl groups is 1. The highest BCUT2D eigenvalue weighted by Crippen LogP contribution is 2.28. The van der Waals surface area contributed by atoms with Crippen molar-refractivity contribution in [3.63, 3.8) is 0 Å². The standard InChI is InChI=1S/C18H26O5/c1-13(19)9-7-5-3-2-4-6-8-10-14-11-15(20)12-16(21)17(14)18(22)23/h8,10-13,19-21H,2-7,9H2,1H3,(H,22,23)/b10-8+. The van der Waals surface area contributed by atoms with Crippen molar-refractivity contribution in [1.82, 2.24) is 0 Å². The maximum atomic E-state index is 11.1. The molecular formula is C18H26O5. The number of aromatic carboxylic acids is 1. The van der Waals surface area contributed by atoms with E-state index in [0.717, 1.165) is 51.0 Å². The molecule has 0 fully saturated rings. The Morgan fingerprint density at radius 2 is 1.78 bits per heavy atom. The van der Waals surface area contributed by atoms with Gasteiger partial charge in [0.25, 0.3) is 0 Å². The van der Waals surface area contributed by atoms with E-state index in [0.29, 0.717) is 5.56 Å². The number of allylic oxidation sites excluding steroid dienone is 1. The Kier molecular flexibility index (Phi) is 8.19. The smallest absolute Gasteiger partial charge is 0.340 e. The largest absolute Gasteiger partial charge is 0.508 e. The Labute approximate surface area is 136 Å². The molecular weight excluding hydrogens is 296 g/mol. The first-order valence-corrected chi connectivity index (χ1v) is 8.05. The van der Waals surface area contributed by atoms with Crippen molar-refractivity contribution in [2.75, 3.05) is 0 Å². The van der Waals surface area contributed by atoms with Gasteiger partial charge < -0.3 is 20.4 Å². The number of hydrogen-bond donors (Lipinski definition) is 4. The lowest BCUT2D eigenvalue weighted by Gasteiger charge is -2.05. The van der Waals surface area contributed by atoms with Gasteiger partial charge in [-0.1, -0.05) is 37.8 Å². The maximum absolute atomic E-state index is 11.1. The molecule has 1 rings (SSSR count). The Morgan fingerprint density at radius 1 is 1.13 bits per heavy atom. The van der Waals surface area contributed by atoms with Crippen LogP contribution in [0.4, 0.5) is 0 Å². The highest BCUT2D eigenvalue weighted by molar-refractivity contribution is 5.95. The molecule has 0 aromatic heterocycles. The van der Waals surface area contributed by atoms with Crippen LogP contribution in [0, 0.1) is 0 Å². The fourth-order valence-electron chi connectivity index (χ4n) is 2.44. The third-order valence-corrected chi connectivity index (χ3v) is 3.64. The number of hydrogen-bond acceptors (Lipinski definition) is 4. The van der Waals surface area contributed by atoms with Crippen LogP contribution < -0.4 is 0 Å². The summed E-state index contributed by atoms with van der Waals surface area (Å²) in [6.45, 7) is 1.80. The zero-order chi connectivity index (χ0) is 17.2. The van der Waals surface area contributed by atoms with Gasteiger partial charge in [-0.05, 0) is 37.8 Å². The summed E-state index contributed by atoms with van der Waals surface area (Å²) in [6.07, 6.45) is 10.3. The molecule has 0 radical (unpaired) electrons. The van der Waals surface area contributed by atoms with Gasteiger partial charge in [0.1, 0.15) is 17.1 Å². The molecule has 1 aromatic rings. The van der Waals surface area contributed by atoms with Crippen molar-refractivity contribution >= 4 is 12.0 Å². The number of aromatic hydroxyl groups is 2. The Morgan fingerprint density at radius 3 is 2.43 bits per heavy atom. The van der Waals surface area contributed by atoms with Crippen LogP contribution in [-0.2, 0) is 0 Å². The first-order valence-electron chi connectivity index (χ1n) is 8.05. The van der Waals surface area contributed by atoms with Crippen molar-refractivity contribution in [1.29, 1.82) is 0 Å². The summed E-state index contributed by atoms with van der Waals surface area (Å²) in [7, 11) is 0. The average molecular weight is 322 g/mol. The number of benzene rings is 1. The molecule has 1 atom stereocenters. The number of carboxylic acid groups (broad SMARTS) is 1. The van der Waals surface area contributed by atoms with E-state index < -0.39 is 11.7 Å². The number of carbonyl (C=O) groups is 1. The second-order valence-electron chi connectivity index (χ2n) is 5.83. The van der Waals surface area contributed by atoms with Crippen LogP contribution >= 0.6 is 0 Å². The van der Waals surface area contributed by atoms with Gasteiger partial charge >= 0.3 is 5.97 Å². The topological polar surface area (TPSA) is 98.0 Å². The number of aliphatic hydroxyl groups excluding tert-OH is 1. The number of rotatable bonds is 10. The summed E-state index contributed by atoms with van der Waals surface area (Å²) >= 11 is 0. The van der Waals surface area contributed by atoms with Crippen LogP contribution in [0.1, 0.15) is 67.8 Å². The minimum absolute atomic E-state index is 0.162. The van der Waals surface area contributed by atoms with Gasteiger partial charge in [0.2, 0.25) is 0 Å². The minimum Gasteiger partial charge on any atom is -0.508 e. The van der Waals surface area contributed by atoms with E-state index in [9.17, 15) is 15.0 Å². The van der Waals surface area contributed by atoms with E-state index >= 15 is 0 Å². The molecule has 0 aliphatic rings. The van der Waals surface area contributed by atoms with Crippen LogP contribution in [0.3, 0.4) is 0 Å². The zero-order valence-electron chi connectivity index (χ0n) is 13.5. The lowest BCUT2D eigenvalue weighted by Crippen LogP contribution is -2.00. The summed E-state index contributed by atoms with van der Waals surface area (Å²) < 4.78 is 0. The van der Waals surface area contributed by atoms with E-state index in [4.69, 9.17) is 10.2 Å². The van der Waals surface area contributed by atoms with E-state index in [1.165, 1.54) is 6.07 Å². The van der Waals surface area contributed by atoms with Crippen LogP contribution in [0.15, 0.2) is 18.2 Å². The van der Waals surface area contributed by atoms with Gasteiger partial charge in [0.05, 0.1) is 6.10 Å². The molecule has 128 valence electrons. The van der Waals surface area contributed by atoms with E-state index in [1.54, 1.807) is 13.0 Å². The summed E-state index contributed by atoms with van der Waals surface area (Å²) in [5, 5.41) is 37.3. The van der Waals surface area contributed by atoms with Crippen LogP contribution in [0.5, 0.6) is 11.5 Å². The van der Waals surface area contributed by atoms with Crippen LogP contribution in [0.2, 0.25) is 0 Å². The lowest BCUT2D eigenvalue weighted by atomic mass is 10.0. The molecule has 0 amide bonds. The van der Waals surface area contributed by atoms with Gasteiger partial charge in [-0.25, -0.2) is 4.79 Å². The summed E-state index contributed by atoms with van der Waals surface area (Å²) in [6, 6.07) is 2.35. The molecule has 0 saturated heterocycles. The first kappa shape index (κ1) is 19.0. The molecule has 4 N–H and O–H groups in total. The summed E-state index contributed by atoms with van der Waals surface area (Å²) in [5.41, 5.74) is 0.101. The maximum Gasteiger partial charge on any atom is 0.340 e. The summed E-state index contributed by atoms with van der Waals surface area (Å²) in [5.74, 6) is -1.82. The van der Waals surface area contributed by atoms with Gasteiger partial charge in [0, 0.05) is 6.07 Å². The fourth-order valence-corrected chi connectivity index (χ4v) is 2.44. The van der Waals surface area contributed by atoms with Gasteiger partial charge in [-0.15, -0.1) is 0 Å². The molecule has 0 spiro atoms. The molecule has 0 saturated carbocycles. The minimum atomic E-state index is -1.22. The number of phenols is 2. The van der Waals surface area contributed by atoms with E-state index in [2.05, 4.69) is 0 Å². The predicted octanol–water partition coefficient (Wildman–Crippen LogP) is 3.92. The third kappa shape index (κ3) is 7.19. The molecule has 1 unspecified atom stereocenters. The van der Waals surface area contributed by atoms with Gasteiger partial charge in [-0.3, -0.25) is 0 Å². The van der Waals surface area contributed by atoms with Crippen molar-refractivity contribution in [2.45, 2.75) is 58.0 Å². The second kappa shape index (κ2) is 9.90. The van der Waals surface area contributed by atoms with Crippen LogP contribution in [0.25, 0.3) is 6.08 Å². The van der Waals surface area contributed by atoms with E-state index in [1.807, 2.05) is 6.08 Å². The van der Waals surface area contributed by atoms with Gasteiger partial charge in [0.15, 0.2) is 0 Å². The molecule has 1 aromatic carbocycles. The highest BCUT2D eigenvalue weighted by Gasteiger charge is 2.15. The quantitative estimate of drug-likeness (QED) is 0.489. The normalized spacial score (nSPS) is 12.6. The molecule has 0 aliphatic heterocycles. The predicted molar refractivity (Wildman–Crippen MR) is 89.8 cm³/mol. The monoisotopic (exact) mass is 322 g/mol. The summed E-state index contributed by atoms with van der Waals surface area (Å²) in [4.78, 5) is 11.1. The molecule has 0 aliphatic carbocycles. The average Bonchev–Trinajstić information content (AvgIpc) is 2.43. The fraction of sp³-hybridized carbons (Fsp3) is 0.500. The number of carboxylic acids is 1. The Bertz CT molecular complexity index is 534. The third-order valence-electron chi connectivity index (χ3n) is 3.64. The van der Waals surface area contributed by atoms with Crippen LogP contribution in [-0.4, -0.2) is 32.5 Å². The van der Waals surface area contributed by atoms with Crippen molar-refractivity contribution in [3.05, 3.63) is 29.3 Å². The Hall–Kier alpha value is -2.01. The van der Waals surface area contributed by atoms with Crippen molar-refractivity contribution in [3.8, 4) is 11.5 Å². The van der Waals surface area contributed by atoms with Gasteiger partial charge in [-0.2, -0.15) is 0 Å². The lowest BCUT2D eigenvalue weighted by molar-refractivity contribution is 0.0693. The Balaban J connectivity index is 2.39. The molecule has 0 bridgehead atoms. The number of unbranched alkanes of at least 4 members (excludes halogenated alkanes) is 5. The SMILES string of the molecule is CC(O)CCCCCCC/C=C/c1cc(O)cc(O)c1C(=O)O. The molecule has 5 heteroatoms. The molecule has 0 heterocycles.